The fourth-order valence-electron chi connectivity index (χ4n) is 3.41. The molecule has 0 unspecified atom stereocenters. The second kappa shape index (κ2) is 7.50. The van der Waals surface area contributed by atoms with Crippen LogP contribution in [0.1, 0.15) is 0 Å². The molecular weight excluding hydrogens is 406 g/mol. The number of methoxy groups -OCH3 is 1. The molecule has 0 spiro atoms. The number of fused-ring (bicyclic) bond motifs is 1. The van der Waals surface area contributed by atoms with Gasteiger partial charge in [0, 0.05) is 27.8 Å². The van der Waals surface area contributed by atoms with Crippen molar-refractivity contribution in [3.63, 3.8) is 0 Å². The molecule has 0 fully saturated rings. The number of ether oxygens (including phenoxy) is 1. The topological polar surface area (TPSA) is 56.3 Å². The van der Waals surface area contributed by atoms with Crippen LogP contribution >= 0.6 is 11.6 Å². The first-order chi connectivity index (χ1) is 13.9. The highest BCUT2D eigenvalue weighted by atomic mass is 35.5. The van der Waals surface area contributed by atoms with Gasteiger partial charge in [0.2, 0.25) is 0 Å². The van der Waals surface area contributed by atoms with Crippen molar-refractivity contribution in [1.82, 2.24) is 4.98 Å². The Bertz CT molecular complexity index is 1300. The Morgan fingerprint density at radius 3 is 2.21 bits per heavy atom. The summed E-state index contributed by atoms with van der Waals surface area (Å²) in [5.74, 6) is 0.686. The van der Waals surface area contributed by atoms with Crippen LogP contribution in [0, 0.1) is 0 Å². The van der Waals surface area contributed by atoms with Crippen LogP contribution in [0.4, 0.5) is 0 Å². The fourth-order valence-corrected chi connectivity index (χ4v) is 4.70. The van der Waals surface area contributed by atoms with E-state index >= 15 is 0 Å². The summed E-state index contributed by atoms with van der Waals surface area (Å²) < 4.78 is 31.2. The Morgan fingerprint density at radius 2 is 1.59 bits per heavy atom. The smallest absolute Gasteiger partial charge is 0.178 e. The monoisotopic (exact) mass is 423 g/mol. The maximum atomic E-state index is 13.0. The summed E-state index contributed by atoms with van der Waals surface area (Å²) in [5, 5.41) is 1.22. The predicted molar refractivity (Wildman–Crippen MR) is 117 cm³/mol. The molecule has 0 bridgehead atoms. The van der Waals surface area contributed by atoms with Gasteiger partial charge in [-0.1, -0.05) is 41.9 Å². The summed E-state index contributed by atoms with van der Waals surface area (Å²) in [6, 6.07) is 22.0. The molecule has 0 radical (unpaired) electrons. The number of halogens is 1. The minimum atomic E-state index is -3.62. The second-order valence-electron chi connectivity index (χ2n) is 6.69. The lowest BCUT2D eigenvalue weighted by Gasteiger charge is -2.17. The normalized spacial score (nSPS) is 11.6. The number of nitrogens with zero attached hydrogens (tertiary/aromatic N) is 1. The van der Waals surface area contributed by atoms with Crippen molar-refractivity contribution in [1.29, 1.82) is 0 Å². The summed E-state index contributed by atoms with van der Waals surface area (Å²) in [5.41, 5.74) is 3.17. The Balaban J connectivity index is 2.18. The number of rotatable bonds is 4. The van der Waals surface area contributed by atoms with E-state index in [9.17, 15) is 8.42 Å². The van der Waals surface area contributed by atoms with Crippen LogP contribution in [0.2, 0.25) is 5.02 Å². The van der Waals surface area contributed by atoms with E-state index in [0.717, 1.165) is 5.56 Å². The van der Waals surface area contributed by atoms with Crippen LogP contribution < -0.4 is 4.74 Å². The Hall–Kier alpha value is -2.89. The van der Waals surface area contributed by atoms with Gasteiger partial charge in [-0.15, -0.1) is 0 Å². The molecule has 0 atom stereocenters. The molecule has 1 aromatic heterocycles. The van der Waals surface area contributed by atoms with Crippen LogP contribution in [-0.2, 0) is 9.84 Å². The molecule has 0 saturated carbocycles. The van der Waals surface area contributed by atoms with Gasteiger partial charge in [0.1, 0.15) is 10.6 Å². The van der Waals surface area contributed by atoms with E-state index in [-0.39, 0.29) is 4.90 Å². The SMILES string of the molecule is COc1ccc(-c2nc3ccc(Cl)cc3c(-c3ccccc3)c2S(C)(=O)=O)cc1. The first-order valence-electron chi connectivity index (χ1n) is 8.91. The zero-order valence-corrected chi connectivity index (χ0v) is 17.5. The van der Waals surface area contributed by atoms with E-state index in [4.69, 9.17) is 21.3 Å². The summed E-state index contributed by atoms with van der Waals surface area (Å²) >= 11 is 6.24. The highest BCUT2D eigenvalue weighted by molar-refractivity contribution is 7.91. The van der Waals surface area contributed by atoms with Gasteiger partial charge in [-0.05, 0) is 48.0 Å². The van der Waals surface area contributed by atoms with Crippen molar-refractivity contribution in [2.24, 2.45) is 0 Å². The van der Waals surface area contributed by atoms with Gasteiger partial charge in [-0.3, -0.25) is 0 Å². The molecule has 4 aromatic rings. The molecule has 0 saturated heterocycles. The maximum absolute atomic E-state index is 13.0. The summed E-state index contributed by atoms with van der Waals surface area (Å²) in [6.45, 7) is 0. The molecule has 4 nitrogen and oxygen atoms in total. The van der Waals surface area contributed by atoms with E-state index in [1.54, 1.807) is 31.4 Å². The van der Waals surface area contributed by atoms with Crippen LogP contribution in [0.5, 0.6) is 5.75 Å². The Morgan fingerprint density at radius 1 is 0.897 bits per heavy atom. The van der Waals surface area contributed by atoms with E-state index in [0.29, 0.717) is 38.5 Å². The van der Waals surface area contributed by atoms with E-state index < -0.39 is 9.84 Å². The number of aromatic nitrogens is 1. The third-order valence-electron chi connectivity index (χ3n) is 4.70. The highest BCUT2D eigenvalue weighted by Gasteiger charge is 2.25. The van der Waals surface area contributed by atoms with E-state index in [1.165, 1.54) is 6.26 Å². The lowest BCUT2D eigenvalue weighted by atomic mass is 9.98. The molecule has 0 amide bonds. The van der Waals surface area contributed by atoms with Gasteiger partial charge in [0.05, 0.1) is 18.3 Å². The van der Waals surface area contributed by atoms with Crippen molar-refractivity contribution in [3.05, 3.63) is 77.8 Å². The zero-order valence-electron chi connectivity index (χ0n) is 15.9. The zero-order chi connectivity index (χ0) is 20.6. The summed E-state index contributed by atoms with van der Waals surface area (Å²) in [6.07, 6.45) is 1.21. The molecule has 0 aliphatic rings. The summed E-state index contributed by atoms with van der Waals surface area (Å²) in [4.78, 5) is 4.90. The quantitative estimate of drug-likeness (QED) is 0.426. The van der Waals surface area contributed by atoms with Crippen molar-refractivity contribution in [2.75, 3.05) is 13.4 Å². The van der Waals surface area contributed by atoms with Crippen LogP contribution in [0.25, 0.3) is 33.3 Å². The lowest BCUT2D eigenvalue weighted by Crippen LogP contribution is -2.06. The molecular formula is C23H18ClNO3S. The molecule has 0 N–H and O–H groups in total. The number of pyridine rings is 1. The van der Waals surface area contributed by atoms with Crippen LogP contribution in [0.15, 0.2) is 77.7 Å². The van der Waals surface area contributed by atoms with Gasteiger partial charge >= 0.3 is 0 Å². The minimum absolute atomic E-state index is 0.184. The van der Waals surface area contributed by atoms with Crippen molar-refractivity contribution in [3.8, 4) is 28.1 Å². The van der Waals surface area contributed by atoms with Gasteiger partial charge in [-0.25, -0.2) is 13.4 Å². The molecule has 0 aliphatic heterocycles. The largest absolute Gasteiger partial charge is 0.497 e. The molecule has 146 valence electrons. The minimum Gasteiger partial charge on any atom is -0.497 e. The maximum Gasteiger partial charge on any atom is 0.178 e. The third kappa shape index (κ3) is 3.71. The predicted octanol–water partition coefficient (Wildman–Crippen LogP) is 5.63. The van der Waals surface area contributed by atoms with Crippen molar-refractivity contribution in [2.45, 2.75) is 4.90 Å². The Kier molecular flexibility index (Phi) is 5.03. The molecule has 3 aromatic carbocycles. The number of hydrogen-bond acceptors (Lipinski definition) is 4. The standard InChI is InChI=1S/C23H18ClNO3S/c1-28-18-11-8-16(9-12-18)22-23(29(2,26)27)21(15-6-4-3-5-7-15)19-14-17(24)10-13-20(19)25-22/h3-14H,1-2H3. The number of sulfone groups is 1. The average Bonchev–Trinajstić information content (AvgIpc) is 2.72. The summed E-state index contributed by atoms with van der Waals surface area (Å²) in [7, 11) is -2.03. The van der Waals surface area contributed by atoms with Crippen molar-refractivity contribution < 1.29 is 13.2 Å². The number of benzene rings is 3. The second-order valence-corrected chi connectivity index (χ2v) is 9.08. The molecule has 0 aliphatic carbocycles. The van der Waals surface area contributed by atoms with Gasteiger partial charge < -0.3 is 4.74 Å². The third-order valence-corrected chi connectivity index (χ3v) is 6.07. The molecule has 4 rings (SSSR count). The van der Waals surface area contributed by atoms with E-state index in [1.807, 2.05) is 48.5 Å². The van der Waals surface area contributed by atoms with Gasteiger partial charge in [0.15, 0.2) is 9.84 Å². The molecule has 1 heterocycles. The van der Waals surface area contributed by atoms with Crippen LogP contribution in [0.3, 0.4) is 0 Å². The van der Waals surface area contributed by atoms with Crippen LogP contribution in [-0.4, -0.2) is 26.8 Å². The van der Waals surface area contributed by atoms with Gasteiger partial charge in [0.25, 0.3) is 0 Å². The first kappa shape index (κ1) is 19.4. The first-order valence-corrected chi connectivity index (χ1v) is 11.2. The van der Waals surface area contributed by atoms with E-state index in [2.05, 4.69) is 0 Å². The Labute approximate surface area is 174 Å². The van der Waals surface area contributed by atoms with Crippen molar-refractivity contribution >= 4 is 32.3 Å². The highest BCUT2D eigenvalue weighted by Crippen LogP contribution is 2.40. The molecule has 6 heteroatoms. The lowest BCUT2D eigenvalue weighted by molar-refractivity contribution is 0.415. The number of hydrogen-bond donors (Lipinski definition) is 0. The average molecular weight is 424 g/mol. The van der Waals surface area contributed by atoms with Gasteiger partial charge in [-0.2, -0.15) is 0 Å². The fraction of sp³-hybridized carbons (Fsp3) is 0.0870. The molecule has 29 heavy (non-hydrogen) atoms.